The van der Waals surface area contributed by atoms with Crippen LogP contribution in [-0.2, 0) is 0 Å². The molecule has 2 atom stereocenters. The topological polar surface area (TPSA) is 32.3 Å². The Balaban J connectivity index is 1.76. The monoisotopic (exact) mass is 265 g/mol. The molecule has 0 saturated heterocycles. The zero-order valence-electron chi connectivity index (χ0n) is 10.5. The van der Waals surface area contributed by atoms with Crippen molar-refractivity contribution in [1.29, 1.82) is 0 Å². The Morgan fingerprint density at radius 1 is 1.33 bits per heavy atom. The van der Waals surface area contributed by atoms with Gasteiger partial charge in [-0.2, -0.15) is 0 Å². The van der Waals surface area contributed by atoms with Crippen molar-refractivity contribution in [2.75, 3.05) is 13.1 Å². The Morgan fingerprint density at radius 2 is 2.17 bits per heavy atom. The van der Waals surface area contributed by atoms with Gasteiger partial charge >= 0.3 is 0 Å². The Morgan fingerprint density at radius 3 is 2.89 bits per heavy atom. The second-order valence-electron chi connectivity index (χ2n) is 4.85. The number of aliphatic hydroxyl groups is 1. The number of benzene rings is 1. The molecule has 18 heavy (non-hydrogen) atoms. The van der Waals surface area contributed by atoms with E-state index < -0.39 is 6.10 Å². The second-order valence-corrected chi connectivity index (χ2v) is 5.25. The zero-order valence-corrected chi connectivity index (χ0v) is 11.2. The van der Waals surface area contributed by atoms with Crippen molar-refractivity contribution in [3.05, 3.63) is 47.0 Å². The van der Waals surface area contributed by atoms with Gasteiger partial charge in [-0.25, -0.2) is 0 Å². The second kappa shape index (κ2) is 6.93. The van der Waals surface area contributed by atoms with E-state index in [4.69, 9.17) is 11.6 Å². The van der Waals surface area contributed by atoms with E-state index in [9.17, 15) is 5.11 Å². The summed E-state index contributed by atoms with van der Waals surface area (Å²) in [6, 6.07) is 7.46. The fourth-order valence-electron chi connectivity index (χ4n) is 2.32. The first-order chi connectivity index (χ1) is 8.77. The highest BCUT2D eigenvalue weighted by atomic mass is 35.5. The van der Waals surface area contributed by atoms with Crippen molar-refractivity contribution in [3.63, 3.8) is 0 Å². The summed E-state index contributed by atoms with van der Waals surface area (Å²) < 4.78 is 0. The average molecular weight is 266 g/mol. The Hall–Kier alpha value is -0.830. The molecule has 0 saturated carbocycles. The number of halogens is 1. The van der Waals surface area contributed by atoms with Gasteiger partial charge in [-0.3, -0.25) is 0 Å². The van der Waals surface area contributed by atoms with Crippen molar-refractivity contribution in [1.82, 2.24) is 5.32 Å². The summed E-state index contributed by atoms with van der Waals surface area (Å²) >= 11 is 6.05. The quantitative estimate of drug-likeness (QED) is 0.801. The number of allylic oxidation sites excluding steroid dienone is 2. The average Bonchev–Trinajstić information content (AvgIpc) is 2.40. The van der Waals surface area contributed by atoms with Gasteiger partial charge in [0.2, 0.25) is 0 Å². The van der Waals surface area contributed by atoms with E-state index in [0.717, 1.165) is 18.5 Å². The predicted octanol–water partition coefficient (Wildman–Crippen LogP) is 3.32. The number of hydrogen-bond donors (Lipinski definition) is 2. The van der Waals surface area contributed by atoms with E-state index in [1.807, 2.05) is 24.3 Å². The van der Waals surface area contributed by atoms with Crippen LogP contribution in [0.4, 0.5) is 0 Å². The van der Waals surface area contributed by atoms with Crippen LogP contribution in [0.25, 0.3) is 0 Å². The van der Waals surface area contributed by atoms with E-state index in [-0.39, 0.29) is 0 Å². The maximum atomic E-state index is 10.1. The van der Waals surface area contributed by atoms with Gasteiger partial charge in [0.1, 0.15) is 0 Å². The number of rotatable bonds is 5. The first-order valence-corrected chi connectivity index (χ1v) is 6.93. The Kier molecular flexibility index (Phi) is 5.24. The summed E-state index contributed by atoms with van der Waals surface area (Å²) in [5, 5.41) is 14.0. The lowest BCUT2D eigenvalue weighted by molar-refractivity contribution is 0.172. The van der Waals surface area contributed by atoms with E-state index >= 15 is 0 Å². The molecule has 0 aromatic heterocycles. The van der Waals surface area contributed by atoms with Crippen LogP contribution < -0.4 is 5.32 Å². The Labute approximate surface area is 114 Å². The molecule has 1 aromatic carbocycles. The molecule has 0 radical (unpaired) electrons. The van der Waals surface area contributed by atoms with Crippen LogP contribution in [0.5, 0.6) is 0 Å². The lowest BCUT2D eigenvalue weighted by Crippen LogP contribution is -2.28. The van der Waals surface area contributed by atoms with Crippen LogP contribution in [0.3, 0.4) is 0 Å². The van der Waals surface area contributed by atoms with Gasteiger partial charge < -0.3 is 10.4 Å². The number of nitrogens with one attached hydrogen (secondary N) is 1. The number of aliphatic hydroxyl groups excluding tert-OH is 1. The smallest absolute Gasteiger partial charge is 0.0928 e. The van der Waals surface area contributed by atoms with Crippen LogP contribution >= 0.6 is 11.6 Å². The maximum absolute atomic E-state index is 10.1. The molecule has 0 bridgehead atoms. The van der Waals surface area contributed by atoms with Gasteiger partial charge in [0.25, 0.3) is 0 Å². The Bertz CT molecular complexity index is 405. The standard InChI is InChI=1S/C15H20ClNO/c16-14-9-5-4-8-13(14)15(18)11-17-10-12-6-2-1-3-7-12/h1-2,4-5,8-9,12,15,17-18H,3,6-7,10-11H2. The molecular weight excluding hydrogens is 246 g/mol. The van der Waals surface area contributed by atoms with Crippen LogP contribution in [0, 0.1) is 5.92 Å². The summed E-state index contributed by atoms with van der Waals surface area (Å²) in [6.07, 6.45) is 7.54. The predicted molar refractivity (Wildman–Crippen MR) is 75.8 cm³/mol. The van der Waals surface area contributed by atoms with Crippen molar-refractivity contribution in [2.24, 2.45) is 5.92 Å². The van der Waals surface area contributed by atoms with Gasteiger partial charge in [-0.15, -0.1) is 0 Å². The van der Waals surface area contributed by atoms with Crippen LogP contribution in [0.1, 0.15) is 30.9 Å². The van der Waals surface area contributed by atoms with Gasteiger partial charge in [-0.05, 0) is 37.8 Å². The molecule has 0 heterocycles. The van der Waals surface area contributed by atoms with E-state index in [1.165, 1.54) is 12.8 Å². The summed E-state index contributed by atoms with van der Waals surface area (Å²) in [5.41, 5.74) is 0.801. The highest BCUT2D eigenvalue weighted by Crippen LogP contribution is 2.22. The molecule has 1 aliphatic carbocycles. The molecule has 2 N–H and O–H groups in total. The third kappa shape index (κ3) is 3.84. The zero-order chi connectivity index (χ0) is 12.8. The van der Waals surface area contributed by atoms with Gasteiger partial charge in [0, 0.05) is 17.1 Å². The summed E-state index contributed by atoms with van der Waals surface area (Å²) in [5.74, 6) is 0.702. The largest absolute Gasteiger partial charge is 0.387 e. The molecule has 98 valence electrons. The molecule has 2 nitrogen and oxygen atoms in total. The van der Waals surface area contributed by atoms with Gasteiger partial charge in [0.05, 0.1) is 6.10 Å². The van der Waals surface area contributed by atoms with Crippen molar-refractivity contribution in [2.45, 2.75) is 25.4 Å². The summed E-state index contributed by atoms with van der Waals surface area (Å²) in [7, 11) is 0. The van der Waals surface area contributed by atoms with Crippen molar-refractivity contribution >= 4 is 11.6 Å². The molecule has 0 fully saturated rings. The van der Waals surface area contributed by atoms with Crippen LogP contribution in [-0.4, -0.2) is 18.2 Å². The lowest BCUT2D eigenvalue weighted by Gasteiger charge is -2.20. The molecule has 0 amide bonds. The minimum absolute atomic E-state index is 0.530. The summed E-state index contributed by atoms with van der Waals surface area (Å²) in [6.45, 7) is 1.52. The van der Waals surface area contributed by atoms with E-state index in [2.05, 4.69) is 17.5 Å². The molecule has 2 unspecified atom stereocenters. The van der Waals surface area contributed by atoms with Crippen molar-refractivity contribution in [3.8, 4) is 0 Å². The van der Waals surface area contributed by atoms with Crippen molar-refractivity contribution < 1.29 is 5.11 Å². The molecule has 1 aromatic rings. The molecule has 1 aliphatic rings. The fraction of sp³-hybridized carbons (Fsp3) is 0.467. The third-order valence-corrected chi connectivity index (χ3v) is 3.76. The van der Waals surface area contributed by atoms with Gasteiger partial charge in [-0.1, -0.05) is 42.0 Å². The van der Waals surface area contributed by atoms with E-state index in [0.29, 0.717) is 17.5 Å². The molecule has 0 aliphatic heterocycles. The molecular formula is C15H20ClNO. The minimum atomic E-state index is -0.530. The molecule has 0 spiro atoms. The fourth-order valence-corrected chi connectivity index (χ4v) is 2.58. The third-order valence-electron chi connectivity index (χ3n) is 3.41. The minimum Gasteiger partial charge on any atom is -0.387 e. The van der Waals surface area contributed by atoms with Crippen LogP contribution in [0.15, 0.2) is 36.4 Å². The SMILES string of the molecule is OC(CNCC1CC=CCC1)c1ccccc1Cl. The highest BCUT2D eigenvalue weighted by molar-refractivity contribution is 6.31. The van der Waals surface area contributed by atoms with E-state index in [1.54, 1.807) is 0 Å². The highest BCUT2D eigenvalue weighted by Gasteiger charge is 2.13. The first-order valence-electron chi connectivity index (χ1n) is 6.55. The van der Waals surface area contributed by atoms with Gasteiger partial charge in [0.15, 0.2) is 0 Å². The maximum Gasteiger partial charge on any atom is 0.0928 e. The molecule has 2 rings (SSSR count). The normalized spacial score (nSPS) is 20.9. The lowest BCUT2D eigenvalue weighted by atomic mass is 9.94. The molecule has 3 heteroatoms. The first kappa shape index (κ1) is 13.6. The van der Waals surface area contributed by atoms with Crippen LogP contribution in [0.2, 0.25) is 5.02 Å². The summed E-state index contributed by atoms with van der Waals surface area (Å²) in [4.78, 5) is 0. The number of hydrogen-bond acceptors (Lipinski definition) is 2.